The molecular weight excluding hydrogens is 238 g/mol. The van der Waals surface area contributed by atoms with E-state index in [1.54, 1.807) is 18.3 Å². The highest BCUT2D eigenvalue weighted by atomic mass is 32.2. The number of rotatable bonds is 5. The van der Waals surface area contributed by atoms with Crippen molar-refractivity contribution in [2.75, 3.05) is 24.2 Å². The minimum absolute atomic E-state index is 0.292. The van der Waals surface area contributed by atoms with Crippen LogP contribution >= 0.6 is 0 Å². The van der Waals surface area contributed by atoms with Gasteiger partial charge in [-0.05, 0) is 25.0 Å². The molecule has 0 aromatic carbocycles. The van der Waals surface area contributed by atoms with Gasteiger partial charge in [0.15, 0.2) is 9.84 Å². The van der Waals surface area contributed by atoms with Crippen LogP contribution < -0.4 is 10.6 Å². The maximum absolute atomic E-state index is 11.7. The van der Waals surface area contributed by atoms with E-state index in [1.807, 2.05) is 4.90 Å². The van der Waals surface area contributed by atoms with Crippen molar-refractivity contribution >= 4 is 15.7 Å². The van der Waals surface area contributed by atoms with E-state index in [1.165, 1.54) is 6.26 Å². The molecule has 0 aliphatic heterocycles. The largest absolute Gasteiger partial charge is 0.351 e. The highest BCUT2D eigenvalue weighted by molar-refractivity contribution is 7.90. The average Bonchev–Trinajstić information content (AvgIpc) is 3.08. The van der Waals surface area contributed by atoms with Gasteiger partial charge in [-0.15, -0.1) is 0 Å². The summed E-state index contributed by atoms with van der Waals surface area (Å²) in [6.07, 6.45) is 5.00. The first-order valence-corrected chi connectivity index (χ1v) is 7.55. The van der Waals surface area contributed by atoms with Crippen molar-refractivity contribution in [2.45, 2.75) is 23.8 Å². The molecule has 0 unspecified atom stereocenters. The molecule has 2 rings (SSSR count). The molecule has 0 radical (unpaired) electrons. The van der Waals surface area contributed by atoms with Crippen molar-refractivity contribution in [3.63, 3.8) is 0 Å². The fourth-order valence-electron chi connectivity index (χ4n) is 1.87. The lowest BCUT2D eigenvalue weighted by atomic mass is 10.4. The van der Waals surface area contributed by atoms with Gasteiger partial charge in [0, 0.05) is 31.6 Å². The first-order chi connectivity index (χ1) is 8.04. The zero-order valence-electron chi connectivity index (χ0n) is 9.83. The van der Waals surface area contributed by atoms with Gasteiger partial charge in [-0.2, -0.15) is 0 Å². The van der Waals surface area contributed by atoms with Gasteiger partial charge in [-0.25, -0.2) is 13.4 Å². The smallest absolute Gasteiger partial charge is 0.179 e. The Hall–Kier alpha value is -1.14. The summed E-state index contributed by atoms with van der Waals surface area (Å²) in [6.45, 7) is 1.14. The Balaban J connectivity index is 2.42. The topological polar surface area (TPSA) is 76.3 Å². The molecule has 0 atom stereocenters. The lowest BCUT2D eigenvalue weighted by Gasteiger charge is -2.24. The Bertz CT molecular complexity index is 497. The first kappa shape index (κ1) is 12.3. The molecule has 1 fully saturated rings. The molecule has 5 nitrogen and oxygen atoms in total. The van der Waals surface area contributed by atoms with Crippen LogP contribution in [-0.4, -0.2) is 38.8 Å². The molecule has 1 aliphatic carbocycles. The second-order valence-electron chi connectivity index (χ2n) is 4.31. The molecule has 0 spiro atoms. The Kier molecular flexibility index (Phi) is 3.35. The quantitative estimate of drug-likeness (QED) is 0.825. The summed E-state index contributed by atoms with van der Waals surface area (Å²) in [5.41, 5.74) is 5.57. The Labute approximate surface area is 102 Å². The third-order valence-electron chi connectivity index (χ3n) is 2.78. The summed E-state index contributed by atoms with van der Waals surface area (Å²) in [6, 6.07) is 3.64. The number of aromatic nitrogens is 1. The van der Waals surface area contributed by atoms with Gasteiger partial charge >= 0.3 is 0 Å². The van der Waals surface area contributed by atoms with E-state index < -0.39 is 9.84 Å². The van der Waals surface area contributed by atoms with Gasteiger partial charge in [0.05, 0.1) is 0 Å². The molecule has 1 aliphatic rings. The summed E-state index contributed by atoms with van der Waals surface area (Å²) >= 11 is 0. The SMILES string of the molecule is CS(=O)(=O)c1cccnc1N(CCN)C1CC1. The standard InChI is InChI=1S/C11H17N3O2S/c1-17(15,16)10-3-2-7-13-11(10)14(8-6-12)9-4-5-9/h2-3,7,9H,4-6,8,12H2,1H3. The Morgan fingerprint density at radius 1 is 1.53 bits per heavy atom. The molecule has 0 saturated heterocycles. The predicted molar refractivity (Wildman–Crippen MR) is 66.8 cm³/mol. The monoisotopic (exact) mass is 255 g/mol. The second kappa shape index (κ2) is 4.62. The summed E-state index contributed by atoms with van der Waals surface area (Å²) < 4.78 is 23.4. The molecule has 1 aromatic heterocycles. The number of nitrogens with zero attached hydrogens (tertiary/aromatic N) is 2. The van der Waals surface area contributed by atoms with Crippen molar-refractivity contribution in [3.8, 4) is 0 Å². The van der Waals surface area contributed by atoms with Crippen molar-refractivity contribution in [3.05, 3.63) is 18.3 Å². The number of nitrogens with two attached hydrogens (primary N) is 1. The summed E-state index contributed by atoms with van der Waals surface area (Å²) in [5.74, 6) is 0.544. The van der Waals surface area contributed by atoms with E-state index in [9.17, 15) is 8.42 Å². The summed E-state index contributed by atoms with van der Waals surface area (Å²) in [5, 5.41) is 0. The maximum atomic E-state index is 11.7. The number of anilines is 1. The van der Waals surface area contributed by atoms with Crippen LogP contribution in [0.4, 0.5) is 5.82 Å². The highest BCUT2D eigenvalue weighted by Gasteiger charge is 2.32. The highest BCUT2D eigenvalue weighted by Crippen LogP contribution is 2.33. The zero-order chi connectivity index (χ0) is 12.5. The van der Waals surface area contributed by atoms with Crippen molar-refractivity contribution in [1.29, 1.82) is 0 Å². The van der Waals surface area contributed by atoms with Crippen molar-refractivity contribution in [1.82, 2.24) is 4.98 Å². The molecule has 1 saturated carbocycles. The lowest BCUT2D eigenvalue weighted by molar-refractivity contribution is 0.600. The van der Waals surface area contributed by atoms with Gasteiger partial charge in [-0.1, -0.05) is 0 Å². The minimum Gasteiger partial charge on any atom is -0.351 e. The number of sulfone groups is 1. The average molecular weight is 255 g/mol. The first-order valence-electron chi connectivity index (χ1n) is 5.66. The molecule has 0 amide bonds. The minimum atomic E-state index is -3.25. The van der Waals surface area contributed by atoms with Crippen LogP contribution in [0.3, 0.4) is 0 Å². The molecule has 1 heterocycles. The summed E-state index contributed by atoms with van der Waals surface area (Å²) in [4.78, 5) is 6.52. The molecule has 2 N–H and O–H groups in total. The number of pyridine rings is 1. The van der Waals surface area contributed by atoms with Gasteiger partial charge in [0.2, 0.25) is 0 Å². The van der Waals surface area contributed by atoms with Crippen LogP contribution in [0.15, 0.2) is 23.2 Å². The normalized spacial score (nSPS) is 15.9. The zero-order valence-corrected chi connectivity index (χ0v) is 10.7. The lowest BCUT2D eigenvalue weighted by Crippen LogP contribution is -2.33. The van der Waals surface area contributed by atoms with E-state index in [-0.39, 0.29) is 0 Å². The fraction of sp³-hybridized carbons (Fsp3) is 0.545. The third kappa shape index (κ3) is 2.76. The Morgan fingerprint density at radius 3 is 2.76 bits per heavy atom. The van der Waals surface area contributed by atoms with Gasteiger partial charge in [0.25, 0.3) is 0 Å². The van der Waals surface area contributed by atoms with E-state index in [0.29, 0.717) is 29.8 Å². The molecule has 6 heteroatoms. The predicted octanol–water partition coefficient (Wildman–Crippen LogP) is 0.413. The molecule has 17 heavy (non-hydrogen) atoms. The molecule has 1 aromatic rings. The molecule has 94 valence electrons. The second-order valence-corrected chi connectivity index (χ2v) is 6.29. The fourth-order valence-corrected chi connectivity index (χ4v) is 2.70. The van der Waals surface area contributed by atoms with E-state index in [2.05, 4.69) is 4.98 Å². The van der Waals surface area contributed by atoms with Crippen LogP contribution in [0.2, 0.25) is 0 Å². The Morgan fingerprint density at radius 2 is 2.24 bits per heavy atom. The van der Waals surface area contributed by atoms with Crippen LogP contribution in [-0.2, 0) is 9.84 Å². The van der Waals surface area contributed by atoms with E-state index >= 15 is 0 Å². The van der Waals surface area contributed by atoms with Crippen LogP contribution in [0.25, 0.3) is 0 Å². The van der Waals surface area contributed by atoms with E-state index in [0.717, 1.165) is 12.8 Å². The number of hydrogen-bond acceptors (Lipinski definition) is 5. The van der Waals surface area contributed by atoms with E-state index in [4.69, 9.17) is 5.73 Å². The van der Waals surface area contributed by atoms with Crippen molar-refractivity contribution in [2.24, 2.45) is 5.73 Å². The van der Waals surface area contributed by atoms with Crippen LogP contribution in [0, 0.1) is 0 Å². The van der Waals surface area contributed by atoms with Gasteiger partial charge in [0.1, 0.15) is 10.7 Å². The third-order valence-corrected chi connectivity index (χ3v) is 3.90. The summed E-state index contributed by atoms with van der Waals surface area (Å²) in [7, 11) is -3.25. The van der Waals surface area contributed by atoms with Gasteiger partial charge in [-0.3, -0.25) is 0 Å². The maximum Gasteiger partial charge on any atom is 0.179 e. The van der Waals surface area contributed by atoms with Crippen molar-refractivity contribution < 1.29 is 8.42 Å². The molecule has 0 bridgehead atoms. The van der Waals surface area contributed by atoms with Crippen LogP contribution in [0.5, 0.6) is 0 Å². The molecular formula is C11H17N3O2S. The van der Waals surface area contributed by atoms with Crippen LogP contribution in [0.1, 0.15) is 12.8 Å². The van der Waals surface area contributed by atoms with Gasteiger partial charge < -0.3 is 10.6 Å². The number of hydrogen-bond donors (Lipinski definition) is 1.